The number of anilines is 1. The maximum absolute atomic E-state index is 11.9. The maximum atomic E-state index is 11.9. The molecule has 0 spiro atoms. The molecule has 5 heteroatoms. The molecule has 1 atom stereocenters. The molecular weight excluding hydrogens is 244 g/mol. The molecule has 0 bridgehead atoms. The third-order valence-corrected chi connectivity index (χ3v) is 2.84. The molecule has 0 aliphatic rings. The number of amides is 2. The SMILES string of the molecule is CCC(C)(O)CNC(=O)c1cccc(NC(C)=O)c1. The lowest BCUT2D eigenvalue weighted by Gasteiger charge is -2.21. The van der Waals surface area contributed by atoms with Crippen LogP contribution in [0.4, 0.5) is 5.69 Å². The highest BCUT2D eigenvalue weighted by Crippen LogP contribution is 2.11. The smallest absolute Gasteiger partial charge is 0.251 e. The fraction of sp³-hybridized carbons (Fsp3) is 0.429. The van der Waals surface area contributed by atoms with Gasteiger partial charge in [0, 0.05) is 24.7 Å². The zero-order valence-corrected chi connectivity index (χ0v) is 11.5. The van der Waals surface area contributed by atoms with Crippen molar-refractivity contribution in [1.29, 1.82) is 0 Å². The lowest BCUT2D eigenvalue weighted by Crippen LogP contribution is -2.40. The van der Waals surface area contributed by atoms with E-state index in [-0.39, 0.29) is 18.4 Å². The molecule has 0 aliphatic heterocycles. The first kappa shape index (κ1) is 15.2. The summed E-state index contributed by atoms with van der Waals surface area (Å²) in [6.07, 6.45) is 0.555. The minimum Gasteiger partial charge on any atom is -0.388 e. The predicted octanol–water partition coefficient (Wildman–Crippen LogP) is 1.54. The van der Waals surface area contributed by atoms with Gasteiger partial charge in [0.15, 0.2) is 0 Å². The molecule has 104 valence electrons. The van der Waals surface area contributed by atoms with Gasteiger partial charge >= 0.3 is 0 Å². The standard InChI is InChI=1S/C14H20N2O3/c1-4-14(3,19)9-15-13(18)11-6-5-7-12(8-11)16-10(2)17/h5-8,19H,4,9H2,1-3H3,(H,15,18)(H,16,17). The van der Waals surface area contributed by atoms with Gasteiger partial charge in [-0.2, -0.15) is 0 Å². The summed E-state index contributed by atoms with van der Waals surface area (Å²) in [5.74, 6) is -0.465. The molecule has 1 aromatic rings. The van der Waals surface area contributed by atoms with Crippen LogP contribution in [0.3, 0.4) is 0 Å². The number of hydrogen-bond donors (Lipinski definition) is 3. The van der Waals surface area contributed by atoms with Gasteiger partial charge in [-0.25, -0.2) is 0 Å². The van der Waals surface area contributed by atoms with E-state index >= 15 is 0 Å². The van der Waals surface area contributed by atoms with E-state index in [9.17, 15) is 14.7 Å². The Balaban J connectivity index is 2.69. The summed E-state index contributed by atoms with van der Waals surface area (Å²) in [7, 11) is 0. The van der Waals surface area contributed by atoms with Crippen molar-refractivity contribution in [3.8, 4) is 0 Å². The summed E-state index contributed by atoms with van der Waals surface area (Å²) in [5.41, 5.74) is 0.103. The Bertz CT molecular complexity index is 470. The number of aliphatic hydroxyl groups is 1. The predicted molar refractivity (Wildman–Crippen MR) is 74.0 cm³/mol. The van der Waals surface area contributed by atoms with Crippen LogP contribution in [0.2, 0.25) is 0 Å². The van der Waals surface area contributed by atoms with Crippen LogP contribution in [-0.4, -0.2) is 29.1 Å². The van der Waals surface area contributed by atoms with E-state index in [2.05, 4.69) is 10.6 Å². The number of carbonyl (C=O) groups excluding carboxylic acids is 2. The third-order valence-electron chi connectivity index (χ3n) is 2.84. The second kappa shape index (κ2) is 6.33. The lowest BCUT2D eigenvalue weighted by atomic mass is 10.0. The molecule has 0 radical (unpaired) electrons. The summed E-state index contributed by atoms with van der Waals surface area (Å²) in [4.78, 5) is 22.9. The molecule has 0 heterocycles. The van der Waals surface area contributed by atoms with E-state index in [0.29, 0.717) is 17.7 Å². The Labute approximate surface area is 113 Å². The van der Waals surface area contributed by atoms with Crippen LogP contribution in [0, 0.1) is 0 Å². The van der Waals surface area contributed by atoms with Crippen molar-refractivity contribution >= 4 is 17.5 Å². The summed E-state index contributed by atoms with van der Waals surface area (Å²) >= 11 is 0. The van der Waals surface area contributed by atoms with Crippen molar-refractivity contribution in [2.24, 2.45) is 0 Å². The Morgan fingerprint density at radius 1 is 1.37 bits per heavy atom. The van der Waals surface area contributed by atoms with Crippen LogP contribution in [0.1, 0.15) is 37.6 Å². The average molecular weight is 264 g/mol. The van der Waals surface area contributed by atoms with E-state index < -0.39 is 5.60 Å². The molecule has 19 heavy (non-hydrogen) atoms. The van der Waals surface area contributed by atoms with Gasteiger partial charge < -0.3 is 15.7 Å². The molecule has 5 nitrogen and oxygen atoms in total. The first-order valence-corrected chi connectivity index (χ1v) is 6.22. The van der Waals surface area contributed by atoms with E-state index in [0.717, 1.165) is 0 Å². The second-order valence-electron chi connectivity index (χ2n) is 4.80. The van der Waals surface area contributed by atoms with Gasteiger partial charge in [-0.3, -0.25) is 9.59 Å². The Hall–Kier alpha value is -1.88. The van der Waals surface area contributed by atoms with Crippen LogP contribution in [0.5, 0.6) is 0 Å². The van der Waals surface area contributed by atoms with Crippen molar-refractivity contribution in [1.82, 2.24) is 5.32 Å². The van der Waals surface area contributed by atoms with Crippen LogP contribution in [0.25, 0.3) is 0 Å². The molecule has 1 unspecified atom stereocenters. The Morgan fingerprint density at radius 2 is 2.05 bits per heavy atom. The molecule has 0 saturated heterocycles. The van der Waals surface area contributed by atoms with Gasteiger partial charge in [0.25, 0.3) is 5.91 Å². The zero-order chi connectivity index (χ0) is 14.5. The van der Waals surface area contributed by atoms with E-state index in [4.69, 9.17) is 0 Å². The van der Waals surface area contributed by atoms with Crippen molar-refractivity contribution in [2.45, 2.75) is 32.8 Å². The van der Waals surface area contributed by atoms with Crippen LogP contribution in [0.15, 0.2) is 24.3 Å². The fourth-order valence-corrected chi connectivity index (χ4v) is 1.44. The Kier molecular flexibility index (Phi) is 5.06. The molecule has 0 saturated carbocycles. The number of carbonyl (C=O) groups is 2. The Morgan fingerprint density at radius 3 is 2.63 bits per heavy atom. The van der Waals surface area contributed by atoms with E-state index in [1.54, 1.807) is 31.2 Å². The maximum Gasteiger partial charge on any atom is 0.251 e. The van der Waals surface area contributed by atoms with Crippen LogP contribution in [-0.2, 0) is 4.79 Å². The van der Waals surface area contributed by atoms with Crippen LogP contribution < -0.4 is 10.6 Å². The van der Waals surface area contributed by atoms with Crippen molar-refractivity contribution in [2.75, 3.05) is 11.9 Å². The molecule has 0 aliphatic carbocycles. The highest BCUT2D eigenvalue weighted by Gasteiger charge is 2.18. The van der Waals surface area contributed by atoms with Gasteiger partial charge in [-0.05, 0) is 31.5 Å². The van der Waals surface area contributed by atoms with Gasteiger partial charge in [-0.1, -0.05) is 13.0 Å². The molecule has 1 rings (SSSR count). The second-order valence-corrected chi connectivity index (χ2v) is 4.80. The number of benzene rings is 1. The summed E-state index contributed by atoms with van der Waals surface area (Å²) in [6, 6.07) is 6.65. The summed E-state index contributed by atoms with van der Waals surface area (Å²) < 4.78 is 0. The van der Waals surface area contributed by atoms with Crippen molar-refractivity contribution < 1.29 is 14.7 Å². The number of rotatable bonds is 5. The van der Waals surface area contributed by atoms with Crippen LogP contribution >= 0.6 is 0 Å². The molecule has 0 aromatic heterocycles. The van der Waals surface area contributed by atoms with Gasteiger partial charge in [0.2, 0.25) is 5.91 Å². The molecule has 1 aromatic carbocycles. The summed E-state index contributed by atoms with van der Waals surface area (Å²) in [5, 5.41) is 15.1. The van der Waals surface area contributed by atoms with Gasteiger partial charge in [0.05, 0.1) is 5.60 Å². The van der Waals surface area contributed by atoms with Crippen molar-refractivity contribution in [3.63, 3.8) is 0 Å². The topological polar surface area (TPSA) is 78.4 Å². The average Bonchev–Trinajstić information content (AvgIpc) is 2.35. The van der Waals surface area contributed by atoms with E-state index in [1.807, 2.05) is 6.92 Å². The molecular formula is C14H20N2O3. The molecule has 2 amide bonds. The minimum absolute atomic E-state index is 0.187. The van der Waals surface area contributed by atoms with E-state index in [1.165, 1.54) is 6.92 Å². The first-order valence-electron chi connectivity index (χ1n) is 6.22. The highest BCUT2D eigenvalue weighted by molar-refractivity contribution is 5.96. The normalized spacial score (nSPS) is 13.5. The van der Waals surface area contributed by atoms with Gasteiger partial charge in [-0.15, -0.1) is 0 Å². The number of hydrogen-bond acceptors (Lipinski definition) is 3. The minimum atomic E-state index is -0.912. The first-order chi connectivity index (χ1) is 8.84. The molecule has 3 N–H and O–H groups in total. The van der Waals surface area contributed by atoms with Crippen molar-refractivity contribution in [3.05, 3.63) is 29.8 Å². The van der Waals surface area contributed by atoms with Gasteiger partial charge in [0.1, 0.15) is 0 Å². The quantitative estimate of drug-likeness (QED) is 0.754. The monoisotopic (exact) mass is 264 g/mol. The number of nitrogens with one attached hydrogen (secondary N) is 2. The zero-order valence-electron chi connectivity index (χ0n) is 11.5. The highest BCUT2D eigenvalue weighted by atomic mass is 16.3. The fourth-order valence-electron chi connectivity index (χ4n) is 1.44. The lowest BCUT2D eigenvalue weighted by molar-refractivity contribution is -0.114. The third kappa shape index (κ3) is 5.09. The molecule has 0 fully saturated rings. The largest absolute Gasteiger partial charge is 0.388 e. The summed E-state index contributed by atoms with van der Waals surface area (Å²) in [6.45, 7) is 5.11.